The van der Waals surface area contributed by atoms with Crippen molar-refractivity contribution in [2.24, 2.45) is 0 Å². The van der Waals surface area contributed by atoms with Crippen LogP contribution >= 0.6 is 17.0 Å². The number of hydrogen-bond donors (Lipinski definition) is 0. The third-order valence-electron chi connectivity index (χ3n) is 11.9. The molecule has 0 aromatic heterocycles. The van der Waals surface area contributed by atoms with Crippen LogP contribution in [-0.2, 0) is 33.7 Å². The Kier molecular flexibility index (Phi) is 21.2. The number of unbranched alkanes of at least 4 members (excludes halogenated alkanes) is 2. The van der Waals surface area contributed by atoms with Crippen molar-refractivity contribution >= 4 is 101 Å². The maximum atomic E-state index is 4.93. The van der Waals surface area contributed by atoms with Gasteiger partial charge >= 0.3 is 37.9 Å². The summed E-state index contributed by atoms with van der Waals surface area (Å²) in [6.45, 7) is 43.1. The number of halogens is 2. The Hall–Kier alpha value is -1.35. The molecule has 6 aromatic carbocycles. The Labute approximate surface area is 405 Å². The molecule has 0 saturated carbocycles. The molecule has 2 radical (unpaired) electrons. The van der Waals surface area contributed by atoms with Crippen molar-refractivity contribution in [3.63, 3.8) is 0 Å². The van der Waals surface area contributed by atoms with Crippen LogP contribution in [0.2, 0.25) is 91.7 Å². The minimum absolute atomic E-state index is 0.826. The SMILES string of the molecule is CCCCc1cc2c(-c3cc([Si](C)(C)C)cc([Si](C)(C)C)c3)c(C)ccc2[cH-]1.CCCCc1cc2c(-c3cc([Si](C)(C)C)cc([Si](C)(C)C)c3)c(C)ccc2[cH-]1.C[Si]C.[Cl][Zr+2][Cl]. The summed E-state index contributed by atoms with van der Waals surface area (Å²) in [7, 11) is 5.42. The number of hydrogen-bond acceptors (Lipinski definition) is 0. The van der Waals surface area contributed by atoms with Gasteiger partial charge in [0, 0.05) is 9.52 Å². The van der Waals surface area contributed by atoms with Gasteiger partial charge in [-0.25, -0.2) is 0 Å². The van der Waals surface area contributed by atoms with E-state index in [1.165, 1.54) is 105 Å². The third kappa shape index (κ3) is 15.4. The quantitative estimate of drug-likeness (QED) is 0.0846. The first kappa shape index (κ1) is 55.0. The molecule has 0 fully saturated rings. The van der Waals surface area contributed by atoms with Crippen LogP contribution in [-0.4, -0.2) is 41.8 Å². The standard InChI is InChI=1S/2C26H37Si2.C2H6Si.2ClH.Zr/c2*1-9-10-11-20-14-21-13-12-19(2)26(25(21)15-20)22-16-23(27(3,4)5)18-24(17-22)28(6,7)8;1-3-2;;;/h2*12-18H,9-11H2,1-8H3;1-2H3;2*1H;/q2*-1;;;;+4/p-2. The molecule has 6 aromatic rings. The minimum atomic E-state index is -1.38. The Morgan fingerprint density at radius 3 is 1.00 bits per heavy atom. The Bertz CT molecular complexity index is 2110. The summed E-state index contributed by atoms with van der Waals surface area (Å²) in [5.41, 5.74) is 11.6. The Morgan fingerprint density at radius 2 is 0.758 bits per heavy atom. The first-order valence-corrected chi connectivity index (χ1v) is 45.4. The first-order chi connectivity index (χ1) is 28.8. The summed E-state index contributed by atoms with van der Waals surface area (Å²) in [5, 5.41) is 12.1. The molecule has 334 valence electrons. The van der Waals surface area contributed by atoms with Crippen molar-refractivity contribution in [3.05, 3.63) is 107 Å². The zero-order valence-corrected chi connectivity index (χ0v) is 51.1. The van der Waals surface area contributed by atoms with Crippen molar-refractivity contribution in [2.75, 3.05) is 0 Å². The molecular formula is C54H80Cl2Si5Zr. The van der Waals surface area contributed by atoms with E-state index in [1.54, 1.807) is 20.7 Å². The zero-order valence-electron chi connectivity index (χ0n) is 42.1. The second-order valence-corrected chi connectivity index (χ2v) is 46.7. The van der Waals surface area contributed by atoms with Crippen molar-refractivity contribution < 1.29 is 20.8 Å². The molecule has 0 aliphatic rings. The van der Waals surface area contributed by atoms with Crippen molar-refractivity contribution in [2.45, 2.75) is 158 Å². The normalized spacial score (nSPS) is 11.9. The summed E-state index contributed by atoms with van der Waals surface area (Å²) < 4.78 is 0. The van der Waals surface area contributed by atoms with E-state index in [-0.39, 0.29) is 0 Å². The molecular weight excluding hydrogens is 951 g/mol. The maximum absolute atomic E-state index is 4.93. The number of rotatable bonds is 12. The van der Waals surface area contributed by atoms with Gasteiger partial charge in [0.25, 0.3) is 0 Å². The van der Waals surface area contributed by atoms with Crippen LogP contribution in [0.5, 0.6) is 0 Å². The van der Waals surface area contributed by atoms with Crippen molar-refractivity contribution in [3.8, 4) is 22.3 Å². The molecule has 0 unspecified atom stereocenters. The van der Waals surface area contributed by atoms with E-state index < -0.39 is 53.1 Å². The van der Waals surface area contributed by atoms with E-state index in [0.29, 0.717) is 0 Å². The molecule has 0 atom stereocenters. The van der Waals surface area contributed by atoms with Gasteiger partial charge in [0.1, 0.15) is 0 Å². The number of fused-ring (bicyclic) bond motifs is 2. The summed E-state index contributed by atoms with van der Waals surface area (Å²) in [6.07, 6.45) is 7.44. The van der Waals surface area contributed by atoms with Crippen molar-refractivity contribution in [1.29, 1.82) is 0 Å². The summed E-state index contributed by atoms with van der Waals surface area (Å²) in [5.74, 6) is 0. The van der Waals surface area contributed by atoms with Crippen molar-refractivity contribution in [1.82, 2.24) is 0 Å². The summed E-state index contributed by atoms with van der Waals surface area (Å²) in [6, 6.07) is 34.1. The van der Waals surface area contributed by atoms with Crippen LogP contribution in [0.3, 0.4) is 0 Å². The average molecular weight is 1030 g/mol. The fourth-order valence-electron chi connectivity index (χ4n) is 8.00. The second kappa shape index (κ2) is 23.9. The summed E-state index contributed by atoms with van der Waals surface area (Å²) in [4.78, 5) is 0. The van der Waals surface area contributed by atoms with Gasteiger partial charge in [-0.05, 0) is 37.8 Å². The molecule has 0 N–H and O–H groups in total. The van der Waals surface area contributed by atoms with E-state index in [1.807, 2.05) is 0 Å². The van der Waals surface area contributed by atoms with Crippen LogP contribution in [0.25, 0.3) is 43.8 Å². The molecule has 0 aliphatic carbocycles. The van der Waals surface area contributed by atoms with Crippen LogP contribution in [0, 0.1) is 13.8 Å². The van der Waals surface area contributed by atoms with Gasteiger partial charge in [-0.15, -0.1) is 69.1 Å². The second-order valence-electron chi connectivity index (χ2n) is 21.6. The molecule has 62 heavy (non-hydrogen) atoms. The van der Waals surface area contributed by atoms with E-state index >= 15 is 0 Å². The third-order valence-corrected chi connectivity index (χ3v) is 19.9. The molecule has 0 spiro atoms. The monoisotopic (exact) mass is 1030 g/mol. The van der Waals surface area contributed by atoms with E-state index in [4.69, 9.17) is 17.0 Å². The van der Waals surface area contributed by atoms with Crippen LogP contribution in [0.15, 0.2) is 84.9 Å². The fraction of sp³-hybridized carbons (Fsp3) is 0.444. The Morgan fingerprint density at radius 1 is 0.484 bits per heavy atom. The van der Waals surface area contributed by atoms with Crippen LogP contribution in [0.4, 0.5) is 0 Å². The fourth-order valence-corrected chi connectivity index (χ4v) is 13.0. The van der Waals surface area contributed by atoms with Gasteiger partial charge in [0.05, 0.1) is 32.3 Å². The van der Waals surface area contributed by atoms with E-state index in [2.05, 4.69) is 204 Å². The van der Waals surface area contributed by atoms with Gasteiger partial charge in [-0.1, -0.05) is 211 Å². The molecule has 8 heteroatoms. The molecule has 0 aliphatic heterocycles. The van der Waals surface area contributed by atoms with E-state index in [0.717, 1.165) is 9.52 Å². The molecule has 6 rings (SSSR count). The first-order valence-electron chi connectivity index (χ1n) is 23.1. The number of benzene rings is 4. The van der Waals surface area contributed by atoms with Gasteiger partial charge in [-0.2, -0.15) is 12.1 Å². The predicted octanol–water partition coefficient (Wildman–Crippen LogP) is 16.1. The van der Waals surface area contributed by atoms with Gasteiger partial charge < -0.3 is 0 Å². The van der Waals surface area contributed by atoms with E-state index in [9.17, 15) is 0 Å². The van der Waals surface area contributed by atoms with Crippen LogP contribution < -0.4 is 20.7 Å². The van der Waals surface area contributed by atoms with Gasteiger partial charge in [0.2, 0.25) is 0 Å². The number of aryl methyl sites for hydroxylation is 4. The predicted molar refractivity (Wildman–Crippen MR) is 298 cm³/mol. The van der Waals surface area contributed by atoms with Gasteiger partial charge in [-0.3, -0.25) is 0 Å². The van der Waals surface area contributed by atoms with Crippen LogP contribution in [0.1, 0.15) is 61.8 Å². The average Bonchev–Trinajstić information content (AvgIpc) is 3.79. The molecule has 0 bridgehead atoms. The summed E-state index contributed by atoms with van der Waals surface area (Å²) >= 11 is -0.826. The molecule has 0 heterocycles. The molecule has 0 amide bonds. The topological polar surface area (TPSA) is 0 Å². The zero-order chi connectivity index (χ0) is 46.8. The molecule has 0 nitrogen and oxygen atoms in total. The Balaban J connectivity index is 0.000000293. The van der Waals surface area contributed by atoms with Gasteiger partial charge in [0.15, 0.2) is 0 Å². The molecule has 0 saturated heterocycles.